The average molecular weight is 386 g/mol. The Morgan fingerprint density at radius 1 is 1.11 bits per heavy atom. The summed E-state index contributed by atoms with van der Waals surface area (Å²) in [6.45, 7) is 0.640. The summed E-state index contributed by atoms with van der Waals surface area (Å²) in [5.41, 5.74) is 1.19. The monoisotopic (exact) mass is 386 g/mol. The van der Waals surface area contributed by atoms with E-state index in [4.69, 9.17) is 4.74 Å². The van der Waals surface area contributed by atoms with E-state index in [-0.39, 0.29) is 30.7 Å². The molecular weight excluding hydrogens is 366 g/mol. The number of hydrogen-bond donors (Lipinski definition) is 1. The zero-order valence-corrected chi connectivity index (χ0v) is 15.1. The third kappa shape index (κ3) is 5.87. The molecule has 0 aliphatic heterocycles. The number of rotatable bonds is 9. The number of carbonyl (C=O) groups excluding carboxylic acids is 1. The van der Waals surface area contributed by atoms with Crippen molar-refractivity contribution in [1.82, 2.24) is 20.3 Å². The summed E-state index contributed by atoms with van der Waals surface area (Å²) in [6, 6.07) is 12.3. The van der Waals surface area contributed by atoms with Crippen LogP contribution in [0.2, 0.25) is 0 Å². The number of ether oxygens (including phenoxy) is 1. The smallest absolute Gasteiger partial charge is 0.241 e. The lowest BCUT2D eigenvalue weighted by atomic mass is 10.1. The fraction of sp³-hybridized carbons (Fsp3) is 0.250. The van der Waals surface area contributed by atoms with Crippen molar-refractivity contribution >= 4 is 5.91 Å². The molecule has 2 aromatic carbocycles. The van der Waals surface area contributed by atoms with Crippen molar-refractivity contribution in [3.8, 4) is 5.75 Å². The lowest BCUT2D eigenvalue weighted by Gasteiger charge is -2.06. The molecule has 0 radical (unpaired) electrons. The second-order valence-corrected chi connectivity index (χ2v) is 6.19. The van der Waals surface area contributed by atoms with E-state index in [9.17, 15) is 13.6 Å². The van der Waals surface area contributed by atoms with Gasteiger partial charge in [-0.3, -0.25) is 4.79 Å². The summed E-state index contributed by atoms with van der Waals surface area (Å²) in [7, 11) is 0. The highest BCUT2D eigenvalue weighted by molar-refractivity contribution is 5.75. The van der Waals surface area contributed by atoms with Gasteiger partial charge in [0.15, 0.2) is 0 Å². The molecule has 0 aliphatic rings. The molecule has 0 atom stereocenters. The second-order valence-electron chi connectivity index (χ2n) is 6.19. The van der Waals surface area contributed by atoms with Crippen molar-refractivity contribution in [3.05, 3.63) is 77.6 Å². The van der Waals surface area contributed by atoms with Gasteiger partial charge in [-0.05, 0) is 48.7 Å². The van der Waals surface area contributed by atoms with Crippen molar-refractivity contribution in [3.63, 3.8) is 0 Å². The molecular formula is C20H20F2N4O2. The van der Waals surface area contributed by atoms with E-state index < -0.39 is 0 Å². The highest BCUT2D eigenvalue weighted by Crippen LogP contribution is 2.12. The van der Waals surface area contributed by atoms with Crippen LogP contribution in [0, 0.1) is 11.6 Å². The van der Waals surface area contributed by atoms with Crippen LogP contribution in [-0.4, -0.2) is 27.4 Å². The molecule has 0 spiro atoms. The van der Waals surface area contributed by atoms with E-state index in [2.05, 4.69) is 15.6 Å². The first-order chi connectivity index (χ1) is 13.6. The lowest BCUT2D eigenvalue weighted by molar-refractivity contribution is -0.121. The van der Waals surface area contributed by atoms with E-state index in [0.717, 1.165) is 0 Å². The maximum Gasteiger partial charge on any atom is 0.241 e. The number of benzene rings is 2. The van der Waals surface area contributed by atoms with Crippen LogP contribution in [0.4, 0.5) is 8.78 Å². The molecule has 146 valence electrons. The minimum atomic E-state index is -0.335. The van der Waals surface area contributed by atoms with Crippen LogP contribution in [0.15, 0.2) is 54.7 Å². The van der Waals surface area contributed by atoms with Crippen LogP contribution in [0.5, 0.6) is 5.75 Å². The maximum absolute atomic E-state index is 13.5. The van der Waals surface area contributed by atoms with Gasteiger partial charge < -0.3 is 10.1 Å². The van der Waals surface area contributed by atoms with E-state index in [0.29, 0.717) is 36.4 Å². The molecule has 0 aliphatic carbocycles. The average Bonchev–Trinajstić information content (AvgIpc) is 3.13. The Labute approximate surface area is 161 Å². The first-order valence-corrected chi connectivity index (χ1v) is 8.87. The minimum absolute atomic E-state index is 0.0310. The topological polar surface area (TPSA) is 69.0 Å². The third-order valence-corrected chi connectivity index (χ3v) is 3.99. The Kier molecular flexibility index (Phi) is 6.67. The molecule has 3 rings (SSSR count). The summed E-state index contributed by atoms with van der Waals surface area (Å²) < 4.78 is 33.3. The Balaban J connectivity index is 1.37. The largest absolute Gasteiger partial charge is 0.487 e. The molecule has 0 fully saturated rings. The number of amides is 1. The summed E-state index contributed by atoms with van der Waals surface area (Å²) in [5, 5.41) is 10.6. The zero-order chi connectivity index (χ0) is 19.8. The van der Waals surface area contributed by atoms with Crippen LogP contribution in [0.1, 0.15) is 17.7 Å². The maximum atomic E-state index is 13.5. The first kappa shape index (κ1) is 19.5. The quantitative estimate of drug-likeness (QED) is 0.574. The van der Waals surface area contributed by atoms with Crippen LogP contribution < -0.4 is 10.1 Å². The van der Waals surface area contributed by atoms with Gasteiger partial charge in [0, 0.05) is 6.54 Å². The molecule has 0 unspecified atom stereocenters. The van der Waals surface area contributed by atoms with Crippen LogP contribution in [0.25, 0.3) is 0 Å². The summed E-state index contributed by atoms with van der Waals surface area (Å²) in [6.07, 6.45) is 2.81. The van der Waals surface area contributed by atoms with Gasteiger partial charge in [0.2, 0.25) is 5.91 Å². The number of aromatic nitrogens is 3. The van der Waals surface area contributed by atoms with Crippen molar-refractivity contribution in [1.29, 1.82) is 0 Å². The standard InChI is InChI=1S/C20H20F2N4O2/c21-16-7-9-18(10-8-16)28-14-17-12-26(25-24-17)13-20(27)23-11-3-5-15-4-1-2-6-19(15)22/h1-2,4,6-10,12H,3,5,11,13-14H2,(H,23,27). The summed E-state index contributed by atoms with van der Waals surface area (Å²) in [5.74, 6) is -0.252. The number of hydrogen-bond acceptors (Lipinski definition) is 4. The van der Waals surface area contributed by atoms with Gasteiger partial charge in [-0.1, -0.05) is 23.4 Å². The molecule has 6 nitrogen and oxygen atoms in total. The summed E-state index contributed by atoms with van der Waals surface area (Å²) >= 11 is 0. The third-order valence-electron chi connectivity index (χ3n) is 3.99. The molecule has 1 heterocycles. The molecule has 1 aromatic heterocycles. The van der Waals surface area contributed by atoms with Gasteiger partial charge in [-0.25, -0.2) is 13.5 Å². The van der Waals surface area contributed by atoms with Crippen LogP contribution >= 0.6 is 0 Å². The molecule has 28 heavy (non-hydrogen) atoms. The highest BCUT2D eigenvalue weighted by Gasteiger charge is 2.07. The number of nitrogens with one attached hydrogen (secondary N) is 1. The SMILES string of the molecule is O=C(Cn1cc(COc2ccc(F)cc2)nn1)NCCCc1ccccc1F. The van der Waals surface area contributed by atoms with Crippen molar-refractivity contribution < 1.29 is 18.3 Å². The Bertz CT molecular complexity index is 913. The minimum Gasteiger partial charge on any atom is -0.487 e. The Hall–Kier alpha value is -3.29. The molecule has 1 amide bonds. The Morgan fingerprint density at radius 3 is 2.68 bits per heavy atom. The fourth-order valence-electron chi connectivity index (χ4n) is 2.58. The molecule has 0 saturated carbocycles. The van der Waals surface area contributed by atoms with E-state index in [1.165, 1.54) is 35.0 Å². The van der Waals surface area contributed by atoms with Crippen molar-refractivity contribution in [2.24, 2.45) is 0 Å². The predicted molar refractivity (Wildman–Crippen MR) is 98.5 cm³/mol. The molecule has 8 heteroatoms. The number of carbonyl (C=O) groups is 1. The number of aryl methyl sites for hydroxylation is 1. The number of halogens is 2. The molecule has 0 bridgehead atoms. The summed E-state index contributed by atoms with van der Waals surface area (Å²) in [4.78, 5) is 12.0. The Morgan fingerprint density at radius 2 is 1.89 bits per heavy atom. The van der Waals surface area contributed by atoms with E-state index in [1.54, 1.807) is 24.4 Å². The van der Waals surface area contributed by atoms with Gasteiger partial charge in [-0.15, -0.1) is 5.10 Å². The normalized spacial score (nSPS) is 10.6. The van der Waals surface area contributed by atoms with Crippen LogP contribution in [-0.2, 0) is 24.4 Å². The first-order valence-electron chi connectivity index (χ1n) is 8.87. The predicted octanol–water partition coefficient (Wildman–Crippen LogP) is 2.88. The van der Waals surface area contributed by atoms with E-state index in [1.807, 2.05) is 0 Å². The fourth-order valence-corrected chi connectivity index (χ4v) is 2.58. The molecule has 1 N–H and O–H groups in total. The molecule has 0 saturated heterocycles. The second kappa shape index (κ2) is 9.59. The van der Waals surface area contributed by atoms with Gasteiger partial charge >= 0.3 is 0 Å². The zero-order valence-electron chi connectivity index (χ0n) is 15.1. The molecule has 3 aromatic rings. The lowest BCUT2D eigenvalue weighted by Crippen LogP contribution is -2.29. The van der Waals surface area contributed by atoms with E-state index >= 15 is 0 Å². The van der Waals surface area contributed by atoms with Gasteiger partial charge in [0.05, 0.1) is 6.20 Å². The van der Waals surface area contributed by atoms with Gasteiger partial charge in [0.1, 0.15) is 36.2 Å². The van der Waals surface area contributed by atoms with Gasteiger partial charge in [0.25, 0.3) is 0 Å². The van der Waals surface area contributed by atoms with Crippen molar-refractivity contribution in [2.75, 3.05) is 6.54 Å². The highest BCUT2D eigenvalue weighted by atomic mass is 19.1. The van der Waals surface area contributed by atoms with Crippen LogP contribution in [0.3, 0.4) is 0 Å². The van der Waals surface area contributed by atoms with Crippen molar-refractivity contribution in [2.45, 2.75) is 26.0 Å². The van der Waals surface area contributed by atoms with Gasteiger partial charge in [-0.2, -0.15) is 0 Å². The number of nitrogens with zero attached hydrogens (tertiary/aromatic N) is 3.